The summed E-state index contributed by atoms with van der Waals surface area (Å²) in [5, 5.41) is 20.2. The number of rotatable bonds is 2. The Bertz CT molecular complexity index is 753. The smallest absolute Gasteiger partial charge is 0.134 e. The molecule has 1 aromatic carbocycles. The highest BCUT2D eigenvalue weighted by atomic mass is 32.1. The first-order chi connectivity index (χ1) is 10.2. The summed E-state index contributed by atoms with van der Waals surface area (Å²) in [6.45, 7) is 1.86. The quantitative estimate of drug-likeness (QED) is 0.842. The number of phenolic OH excluding ortho intramolecular Hbond substituents is 1. The van der Waals surface area contributed by atoms with E-state index in [0.717, 1.165) is 35.4 Å². The second-order valence-electron chi connectivity index (χ2n) is 5.27. The molecule has 0 aliphatic heterocycles. The highest BCUT2D eigenvalue weighted by Crippen LogP contribution is 2.39. The summed E-state index contributed by atoms with van der Waals surface area (Å²) in [6.07, 6.45) is 6.04. The average Bonchev–Trinajstić information content (AvgIpc) is 2.86. The Kier molecular flexibility index (Phi) is 3.76. The highest BCUT2D eigenvalue weighted by molar-refractivity contribution is 7.16. The normalized spacial score (nSPS) is 14.1. The third-order valence-electron chi connectivity index (χ3n) is 3.85. The zero-order chi connectivity index (χ0) is 14.8. The minimum absolute atomic E-state index is 0.251. The molecule has 0 unspecified atom stereocenters. The number of aliphatic imine (C=N–C) groups is 1. The Morgan fingerprint density at radius 2 is 2.14 bits per heavy atom. The van der Waals surface area contributed by atoms with E-state index in [1.54, 1.807) is 17.6 Å². The molecule has 1 N–H and O–H groups in total. The topological polar surface area (TPSA) is 56.4 Å². The first-order valence-corrected chi connectivity index (χ1v) is 7.89. The van der Waals surface area contributed by atoms with Crippen LogP contribution < -0.4 is 0 Å². The van der Waals surface area contributed by atoms with E-state index in [0.29, 0.717) is 5.56 Å². The Morgan fingerprint density at radius 3 is 2.95 bits per heavy atom. The van der Waals surface area contributed by atoms with Gasteiger partial charge in [-0.25, -0.2) is 4.99 Å². The van der Waals surface area contributed by atoms with E-state index >= 15 is 0 Å². The summed E-state index contributed by atoms with van der Waals surface area (Å²) in [6, 6.07) is 7.87. The van der Waals surface area contributed by atoms with Gasteiger partial charge < -0.3 is 5.11 Å². The summed E-state index contributed by atoms with van der Waals surface area (Å²) < 4.78 is 0. The number of para-hydroxylation sites is 1. The Labute approximate surface area is 128 Å². The van der Waals surface area contributed by atoms with Crippen molar-refractivity contribution >= 4 is 22.6 Å². The lowest BCUT2D eigenvalue weighted by Crippen LogP contribution is -1.99. The van der Waals surface area contributed by atoms with E-state index < -0.39 is 0 Å². The third kappa shape index (κ3) is 2.57. The number of benzene rings is 1. The van der Waals surface area contributed by atoms with Crippen LogP contribution in [0.3, 0.4) is 0 Å². The van der Waals surface area contributed by atoms with Crippen molar-refractivity contribution in [3.63, 3.8) is 0 Å². The molecule has 0 fully saturated rings. The number of aryl methyl sites for hydroxylation is 2. The standard InChI is InChI=1S/C17H16N2OS/c1-11-5-4-6-12(16(11)20)10-19-17-14(9-18)13-7-2-3-8-15(13)21-17/h4-6,10,20H,2-3,7-8H2,1H3. The number of thiophene rings is 1. The molecule has 0 amide bonds. The molecular weight excluding hydrogens is 280 g/mol. The van der Waals surface area contributed by atoms with E-state index in [-0.39, 0.29) is 5.75 Å². The van der Waals surface area contributed by atoms with Gasteiger partial charge in [0.1, 0.15) is 16.8 Å². The second kappa shape index (κ2) is 5.71. The van der Waals surface area contributed by atoms with Crippen molar-refractivity contribution < 1.29 is 5.11 Å². The van der Waals surface area contributed by atoms with Crippen molar-refractivity contribution in [1.82, 2.24) is 0 Å². The molecule has 0 saturated carbocycles. The summed E-state index contributed by atoms with van der Waals surface area (Å²) in [5.74, 6) is 0.251. The third-order valence-corrected chi connectivity index (χ3v) is 5.05. The molecule has 3 nitrogen and oxygen atoms in total. The van der Waals surface area contributed by atoms with Crippen LogP contribution in [0, 0.1) is 18.3 Å². The van der Waals surface area contributed by atoms with E-state index in [4.69, 9.17) is 0 Å². The molecule has 0 atom stereocenters. The van der Waals surface area contributed by atoms with Crippen LogP contribution in [0.15, 0.2) is 23.2 Å². The molecule has 106 valence electrons. The number of nitrogens with zero attached hydrogens (tertiary/aromatic N) is 2. The van der Waals surface area contributed by atoms with Gasteiger partial charge in [-0.3, -0.25) is 0 Å². The van der Waals surface area contributed by atoms with Crippen molar-refractivity contribution in [2.45, 2.75) is 32.6 Å². The van der Waals surface area contributed by atoms with Crippen LogP contribution in [-0.4, -0.2) is 11.3 Å². The van der Waals surface area contributed by atoms with Crippen molar-refractivity contribution in [2.75, 3.05) is 0 Å². The monoisotopic (exact) mass is 296 g/mol. The fourth-order valence-corrected chi connectivity index (χ4v) is 3.86. The van der Waals surface area contributed by atoms with Gasteiger partial charge >= 0.3 is 0 Å². The van der Waals surface area contributed by atoms with Crippen LogP contribution in [0.1, 0.15) is 40.0 Å². The van der Waals surface area contributed by atoms with Crippen LogP contribution in [0.2, 0.25) is 0 Å². The molecule has 1 aromatic heterocycles. The first-order valence-electron chi connectivity index (χ1n) is 7.08. The zero-order valence-corrected chi connectivity index (χ0v) is 12.7. The maximum atomic E-state index is 10.0. The van der Waals surface area contributed by atoms with Gasteiger partial charge in [0.15, 0.2) is 0 Å². The van der Waals surface area contributed by atoms with Gasteiger partial charge in [0.05, 0.1) is 5.56 Å². The fraction of sp³-hybridized carbons (Fsp3) is 0.294. The van der Waals surface area contributed by atoms with Gasteiger partial charge in [0, 0.05) is 16.7 Å². The minimum Gasteiger partial charge on any atom is -0.507 e. The van der Waals surface area contributed by atoms with Gasteiger partial charge in [-0.05, 0) is 49.8 Å². The van der Waals surface area contributed by atoms with Crippen LogP contribution in [0.25, 0.3) is 0 Å². The summed E-state index contributed by atoms with van der Waals surface area (Å²) in [4.78, 5) is 5.77. The van der Waals surface area contributed by atoms with Gasteiger partial charge in [-0.1, -0.05) is 12.1 Å². The molecule has 21 heavy (non-hydrogen) atoms. The number of hydrogen-bond acceptors (Lipinski definition) is 4. The maximum absolute atomic E-state index is 10.0. The van der Waals surface area contributed by atoms with Gasteiger partial charge in [0.2, 0.25) is 0 Å². The number of hydrogen-bond donors (Lipinski definition) is 1. The SMILES string of the molecule is Cc1cccc(C=Nc2sc3c(c2C#N)CCCC3)c1O. The van der Waals surface area contributed by atoms with Crippen molar-refractivity contribution in [3.05, 3.63) is 45.3 Å². The van der Waals surface area contributed by atoms with Crippen LogP contribution in [-0.2, 0) is 12.8 Å². The summed E-state index contributed by atoms with van der Waals surface area (Å²) in [7, 11) is 0. The molecule has 0 saturated heterocycles. The second-order valence-corrected chi connectivity index (χ2v) is 6.36. The fourth-order valence-electron chi connectivity index (χ4n) is 2.67. The van der Waals surface area contributed by atoms with Crippen LogP contribution in [0.5, 0.6) is 5.75 Å². The lowest BCUT2D eigenvalue weighted by molar-refractivity contribution is 0.470. The summed E-state index contributed by atoms with van der Waals surface area (Å²) >= 11 is 1.61. The Morgan fingerprint density at radius 1 is 1.33 bits per heavy atom. The minimum atomic E-state index is 0.251. The molecule has 3 rings (SSSR count). The number of phenols is 1. The molecule has 0 spiro atoms. The van der Waals surface area contributed by atoms with Crippen molar-refractivity contribution in [2.24, 2.45) is 4.99 Å². The van der Waals surface area contributed by atoms with E-state index in [1.807, 2.05) is 25.1 Å². The van der Waals surface area contributed by atoms with E-state index in [9.17, 15) is 10.4 Å². The largest absolute Gasteiger partial charge is 0.507 e. The Balaban J connectivity index is 1.98. The predicted octanol–water partition coefficient (Wildman–Crippen LogP) is 4.26. The number of aromatic hydroxyl groups is 1. The average molecular weight is 296 g/mol. The van der Waals surface area contributed by atoms with Crippen molar-refractivity contribution in [1.29, 1.82) is 5.26 Å². The van der Waals surface area contributed by atoms with Crippen LogP contribution in [0.4, 0.5) is 5.00 Å². The molecule has 1 aliphatic carbocycles. The molecule has 1 aliphatic rings. The zero-order valence-electron chi connectivity index (χ0n) is 11.9. The molecule has 2 aromatic rings. The highest BCUT2D eigenvalue weighted by Gasteiger charge is 2.20. The predicted molar refractivity (Wildman–Crippen MR) is 85.8 cm³/mol. The molecule has 0 radical (unpaired) electrons. The summed E-state index contributed by atoms with van der Waals surface area (Å²) in [5.41, 5.74) is 3.42. The van der Waals surface area contributed by atoms with E-state index in [2.05, 4.69) is 11.1 Å². The van der Waals surface area contributed by atoms with Gasteiger partial charge in [-0.2, -0.15) is 5.26 Å². The Hall–Kier alpha value is -2.12. The van der Waals surface area contributed by atoms with Crippen LogP contribution >= 0.6 is 11.3 Å². The lowest BCUT2D eigenvalue weighted by atomic mass is 9.96. The van der Waals surface area contributed by atoms with Crippen molar-refractivity contribution in [3.8, 4) is 11.8 Å². The lowest BCUT2D eigenvalue weighted by Gasteiger charge is -2.09. The number of nitriles is 1. The van der Waals surface area contributed by atoms with Gasteiger partial charge in [0.25, 0.3) is 0 Å². The molecule has 4 heteroatoms. The molecular formula is C17H16N2OS. The molecule has 1 heterocycles. The molecule has 0 bridgehead atoms. The first kappa shape index (κ1) is 13.8. The van der Waals surface area contributed by atoms with Gasteiger partial charge in [-0.15, -0.1) is 11.3 Å². The van der Waals surface area contributed by atoms with E-state index in [1.165, 1.54) is 16.9 Å². The number of fused-ring (bicyclic) bond motifs is 1. The maximum Gasteiger partial charge on any atom is 0.134 e.